The summed E-state index contributed by atoms with van der Waals surface area (Å²) in [6.07, 6.45) is 0.697. The average molecular weight is 356 g/mol. The molecule has 24 heavy (non-hydrogen) atoms. The van der Waals surface area contributed by atoms with E-state index in [9.17, 15) is 14.4 Å². The second-order valence-corrected chi connectivity index (χ2v) is 6.98. The molecule has 7 nitrogen and oxygen atoms in total. The van der Waals surface area contributed by atoms with E-state index in [0.717, 1.165) is 5.56 Å². The maximum absolute atomic E-state index is 12.2. The summed E-state index contributed by atoms with van der Waals surface area (Å²) in [7, 11) is 2.81. The molecule has 2 amide bonds. The van der Waals surface area contributed by atoms with Gasteiger partial charge >= 0.3 is 18.0 Å². The topological polar surface area (TPSA) is 95.9 Å². The third-order valence-electron chi connectivity index (χ3n) is 3.42. The van der Waals surface area contributed by atoms with Crippen LogP contribution in [-0.4, -0.2) is 48.7 Å². The lowest BCUT2D eigenvalue weighted by Gasteiger charge is -2.20. The molecule has 0 aliphatic heterocycles. The molecule has 0 saturated carbocycles. The Hall–Kier alpha value is -2.09. The molecular weight excluding hydrogens is 332 g/mol. The molecule has 1 aromatic rings. The number of carbonyl (C=O) groups is 3. The number of esters is 1. The molecule has 1 heterocycles. The molecule has 0 aliphatic carbocycles. The van der Waals surface area contributed by atoms with Gasteiger partial charge in [-0.3, -0.25) is 10.1 Å². The molecule has 134 valence electrons. The minimum atomic E-state index is -0.972. The fraction of sp³-hybridized carbons (Fsp3) is 0.562. The van der Waals surface area contributed by atoms with Crippen molar-refractivity contribution in [3.8, 4) is 0 Å². The minimum absolute atomic E-state index is 0.0684. The summed E-state index contributed by atoms with van der Waals surface area (Å²) in [6.45, 7) is 5.67. The number of anilines is 1. The molecule has 0 spiro atoms. The molecule has 0 aromatic carbocycles. The van der Waals surface area contributed by atoms with Crippen molar-refractivity contribution in [3.05, 3.63) is 16.5 Å². The molecular formula is C16H24N2O5S. The first kappa shape index (κ1) is 20.0. The fourth-order valence-corrected chi connectivity index (χ4v) is 3.12. The second-order valence-electron chi connectivity index (χ2n) is 6.10. The van der Waals surface area contributed by atoms with E-state index in [2.05, 4.69) is 5.32 Å². The first-order chi connectivity index (χ1) is 11.2. The van der Waals surface area contributed by atoms with Crippen LogP contribution in [0, 0.1) is 11.8 Å². The number of hydrogen-bond donors (Lipinski definition) is 2. The zero-order valence-corrected chi connectivity index (χ0v) is 15.4. The third-order valence-corrected chi connectivity index (χ3v) is 4.37. The number of aliphatic carboxylic acids is 1. The van der Waals surface area contributed by atoms with Crippen molar-refractivity contribution in [2.75, 3.05) is 26.0 Å². The van der Waals surface area contributed by atoms with E-state index in [-0.39, 0.29) is 6.54 Å². The van der Waals surface area contributed by atoms with Gasteiger partial charge < -0.3 is 14.7 Å². The Labute approximate surface area is 145 Å². The maximum Gasteiger partial charge on any atom is 0.341 e. The Balaban J connectivity index is 2.93. The normalized spacial score (nSPS) is 11.9. The summed E-state index contributed by atoms with van der Waals surface area (Å²) in [4.78, 5) is 36.5. The second kappa shape index (κ2) is 8.68. The lowest BCUT2D eigenvalue weighted by Crippen LogP contribution is -2.36. The van der Waals surface area contributed by atoms with Crippen LogP contribution in [0.2, 0.25) is 0 Å². The molecule has 1 aromatic heterocycles. The van der Waals surface area contributed by atoms with Gasteiger partial charge in [0.2, 0.25) is 0 Å². The van der Waals surface area contributed by atoms with Gasteiger partial charge in [-0.05, 0) is 23.3 Å². The predicted octanol–water partition coefficient (Wildman–Crippen LogP) is 2.92. The SMILES string of the molecule is COC(=O)c1c(CC(C)C)csc1NC(=O)N(C)CC(C)C(=O)O. The Bertz CT molecular complexity index is 612. The number of methoxy groups -OCH3 is 1. The van der Waals surface area contributed by atoms with Crippen LogP contribution in [-0.2, 0) is 16.0 Å². The smallest absolute Gasteiger partial charge is 0.341 e. The maximum atomic E-state index is 12.2. The molecule has 1 unspecified atom stereocenters. The molecule has 0 aliphatic rings. The molecule has 1 rings (SSSR count). The molecule has 0 saturated heterocycles. The van der Waals surface area contributed by atoms with Crippen LogP contribution in [0.1, 0.15) is 36.7 Å². The highest BCUT2D eigenvalue weighted by molar-refractivity contribution is 7.15. The summed E-state index contributed by atoms with van der Waals surface area (Å²) in [5.74, 6) is -1.80. The Morgan fingerprint density at radius 2 is 1.96 bits per heavy atom. The van der Waals surface area contributed by atoms with Gasteiger partial charge in [-0.2, -0.15) is 0 Å². The number of amides is 2. The van der Waals surface area contributed by atoms with Crippen LogP contribution in [0.5, 0.6) is 0 Å². The van der Waals surface area contributed by atoms with Crippen molar-refractivity contribution in [2.45, 2.75) is 27.2 Å². The molecule has 2 N–H and O–H groups in total. The fourth-order valence-electron chi connectivity index (χ4n) is 2.17. The van der Waals surface area contributed by atoms with Crippen molar-refractivity contribution in [1.82, 2.24) is 4.90 Å². The van der Waals surface area contributed by atoms with Gasteiger partial charge in [0.25, 0.3) is 0 Å². The van der Waals surface area contributed by atoms with Gasteiger partial charge in [-0.25, -0.2) is 9.59 Å². The van der Waals surface area contributed by atoms with Crippen LogP contribution >= 0.6 is 11.3 Å². The first-order valence-corrected chi connectivity index (χ1v) is 8.48. The van der Waals surface area contributed by atoms with E-state index >= 15 is 0 Å². The number of urea groups is 1. The number of hydrogen-bond acceptors (Lipinski definition) is 5. The van der Waals surface area contributed by atoms with Crippen LogP contribution in [0.4, 0.5) is 9.80 Å². The van der Waals surface area contributed by atoms with E-state index in [1.54, 1.807) is 0 Å². The lowest BCUT2D eigenvalue weighted by atomic mass is 10.0. The molecule has 1 atom stereocenters. The van der Waals surface area contributed by atoms with E-state index in [1.807, 2.05) is 19.2 Å². The van der Waals surface area contributed by atoms with Crippen LogP contribution < -0.4 is 5.32 Å². The Kier molecular flexibility index (Phi) is 7.21. The number of ether oxygens (including phenoxy) is 1. The van der Waals surface area contributed by atoms with Gasteiger partial charge in [0.15, 0.2) is 0 Å². The van der Waals surface area contributed by atoms with Gasteiger partial charge in [-0.15, -0.1) is 11.3 Å². The quantitative estimate of drug-likeness (QED) is 0.732. The van der Waals surface area contributed by atoms with Crippen molar-refractivity contribution >= 4 is 34.3 Å². The van der Waals surface area contributed by atoms with Crippen LogP contribution in [0.3, 0.4) is 0 Å². The summed E-state index contributed by atoms with van der Waals surface area (Å²) in [5.41, 5.74) is 1.20. The number of carbonyl (C=O) groups excluding carboxylic acids is 2. The Morgan fingerprint density at radius 3 is 2.46 bits per heavy atom. The van der Waals surface area contributed by atoms with E-state index in [4.69, 9.17) is 9.84 Å². The van der Waals surface area contributed by atoms with E-state index < -0.39 is 23.9 Å². The van der Waals surface area contributed by atoms with Gasteiger partial charge in [0.1, 0.15) is 5.00 Å². The highest BCUT2D eigenvalue weighted by Crippen LogP contribution is 2.31. The largest absolute Gasteiger partial charge is 0.481 e. The van der Waals surface area contributed by atoms with Crippen LogP contribution in [0.25, 0.3) is 0 Å². The number of carboxylic acids is 1. The van der Waals surface area contributed by atoms with E-state index in [0.29, 0.717) is 22.9 Å². The molecule has 0 fully saturated rings. The van der Waals surface area contributed by atoms with Gasteiger partial charge in [0, 0.05) is 13.6 Å². The molecule has 0 radical (unpaired) electrons. The monoisotopic (exact) mass is 356 g/mol. The van der Waals surface area contributed by atoms with Crippen molar-refractivity contribution in [3.63, 3.8) is 0 Å². The summed E-state index contributed by atoms with van der Waals surface area (Å²) < 4.78 is 4.82. The van der Waals surface area contributed by atoms with Gasteiger partial charge in [0.05, 0.1) is 18.6 Å². The third kappa shape index (κ3) is 5.23. The minimum Gasteiger partial charge on any atom is -0.481 e. The molecule has 8 heteroatoms. The lowest BCUT2D eigenvalue weighted by molar-refractivity contribution is -0.141. The standard InChI is InChI=1S/C16H24N2O5S/c1-9(2)6-11-8-24-13(12(11)15(21)23-5)17-16(22)18(4)7-10(3)14(19)20/h8-10H,6-7H2,1-5H3,(H,17,22)(H,19,20). The summed E-state index contributed by atoms with van der Waals surface area (Å²) in [5, 5.41) is 13.8. The highest BCUT2D eigenvalue weighted by Gasteiger charge is 2.23. The van der Waals surface area contributed by atoms with Gasteiger partial charge in [-0.1, -0.05) is 20.8 Å². The van der Waals surface area contributed by atoms with E-state index in [1.165, 1.54) is 37.3 Å². The number of thiophene rings is 1. The van der Waals surface area contributed by atoms with Crippen molar-refractivity contribution < 1.29 is 24.2 Å². The average Bonchev–Trinajstić information content (AvgIpc) is 2.87. The molecule has 0 bridgehead atoms. The van der Waals surface area contributed by atoms with Crippen LogP contribution in [0.15, 0.2) is 5.38 Å². The summed E-state index contributed by atoms with van der Waals surface area (Å²) in [6, 6.07) is -0.466. The highest BCUT2D eigenvalue weighted by atomic mass is 32.1. The first-order valence-electron chi connectivity index (χ1n) is 7.60. The number of nitrogens with zero attached hydrogens (tertiary/aromatic N) is 1. The number of carboxylic acid groups (broad SMARTS) is 1. The number of rotatable bonds is 7. The Morgan fingerprint density at radius 1 is 1.33 bits per heavy atom. The summed E-state index contributed by atoms with van der Waals surface area (Å²) >= 11 is 1.26. The predicted molar refractivity (Wildman–Crippen MR) is 92.6 cm³/mol. The zero-order chi connectivity index (χ0) is 18.4. The van der Waals surface area contributed by atoms with Crippen molar-refractivity contribution in [2.24, 2.45) is 11.8 Å². The van der Waals surface area contributed by atoms with Crippen molar-refractivity contribution in [1.29, 1.82) is 0 Å². The zero-order valence-electron chi connectivity index (χ0n) is 14.6. The number of nitrogens with one attached hydrogen (secondary N) is 1.